The first-order valence-electron chi connectivity index (χ1n) is 8.33. The van der Waals surface area contributed by atoms with Crippen LogP contribution < -0.4 is 5.43 Å². The quantitative estimate of drug-likeness (QED) is 0.587. The minimum absolute atomic E-state index is 0.165. The number of imide groups is 1. The molecule has 3 unspecified atom stereocenters. The smallest absolute Gasteiger partial charge is 0.427 e. The Labute approximate surface area is 134 Å². The van der Waals surface area contributed by atoms with Crippen LogP contribution in [-0.2, 0) is 14.3 Å². The molecule has 6 heteroatoms. The van der Waals surface area contributed by atoms with Crippen LogP contribution >= 0.6 is 0 Å². The molecule has 6 rings (SSSR count). The highest BCUT2D eigenvalue weighted by atomic mass is 16.6. The van der Waals surface area contributed by atoms with E-state index in [-0.39, 0.29) is 29.6 Å². The highest BCUT2D eigenvalue weighted by Gasteiger charge is 2.88. The molecule has 0 aromatic rings. The maximum Gasteiger partial charge on any atom is 0.427 e. The molecule has 3 amide bonds. The van der Waals surface area contributed by atoms with Gasteiger partial charge in [-0.05, 0) is 56.8 Å². The second kappa shape index (κ2) is 3.62. The average Bonchev–Trinajstić information content (AvgIpc) is 3.30. The molecular weight excluding hydrogens is 296 g/mol. The van der Waals surface area contributed by atoms with Gasteiger partial charge < -0.3 is 4.74 Å². The molecule has 0 aromatic carbocycles. The summed E-state index contributed by atoms with van der Waals surface area (Å²) in [7, 11) is 0. The molecule has 1 aliphatic heterocycles. The Balaban J connectivity index is 1.40. The van der Waals surface area contributed by atoms with E-state index in [1.165, 1.54) is 6.42 Å². The summed E-state index contributed by atoms with van der Waals surface area (Å²) in [5.74, 6) is 1.23. The number of hydrazine groups is 1. The normalized spacial score (nSPS) is 47.9. The van der Waals surface area contributed by atoms with E-state index in [1.54, 1.807) is 20.8 Å². The van der Waals surface area contributed by atoms with E-state index in [0.29, 0.717) is 17.8 Å². The molecule has 122 valence electrons. The molecule has 6 aliphatic rings. The monoisotopic (exact) mass is 316 g/mol. The van der Waals surface area contributed by atoms with Gasteiger partial charge in [0.25, 0.3) is 11.8 Å². The largest absolute Gasteiger partial charge is 0.443 e. The van der Waals surface area contributed by atoms with Crippen LogP contribution in [0.15, 0.2) is 12.2 Å². The van der Waals surface area contributed by atoms with E-state index >= 15 is 0 Å². The molecule has 1 heterocycles. The van der Waals surface area contributed by atoms with Crippen molar-refractivity contribution in [2.24, 2.45) is 40.9 Å². The third-order valence-electron chi connectivity index (χ3n) is 6.33. The molecule has 1 saturated heterocycles. The van der Waals surface area contributed by atoms with Crippen molar-refractivity contribution >= 4 is 17.9 Å². The molecular formula is C17H20N2O4. The Hall–Kier alpha value is -1.85. The second-order valence-electron chi connectivity index (χ2n) is 8.58. The lowest BCUT2D eigenvalue weighted by molar-refractivity contribution is -0.149. The predicted octanol–water partition coefficient (Wildman–Crippen LogP) is 1.48. The number of carbonyl (C=O) groups is 3. The molecule has 2 bridgehead atoms. The van der Waals surface area contributed by atoms with Crippen molar-refractivity contribution in [1.82, 2.24) is 10.4 Å². The van der Waals surface area contributed by atoms with Crippen LogP contribution in [0.2, 0.25) is 0 Å². The SMILES string of the molecule is CC(C)(C)OC(=O)NN1C(=O)C2[C@H]3C4C=CC([C@@H]5C[C@H]45)[C@]23C1=O. The zero-order valence-electron chi connectivity index (χ0n) is 13.4. The molecule has 5 aliphatic carbocycles. The van der Waals surface area contributed by atoms with E-state index < -0.39 is 17.1 Å². The van der Waals surface area contributed by atoms with Crippen LogP contribution in [0.25, 0.3) is 0 Å². The second-order valence-corrected chi connectivity index (χ2v) is 8.58. The molecule has 3 saturated carbocycles. The van der Waals surface area contributed by atoms with Gasteiger partial charge >= 0.3 is 6.09 Å². The van der Waals surface area contributed by atoms with Crippen molar-refractivity contribution in [3.05, 3.63) is 12.2 Å². The number of piperidine rings is 1. The Bertz CT molecular complexity index is 693. The Kier molecular flexibility index (Phi) is 2.14. The van der Waals surface area contributed by atoms with Gasteiger partial charge in [-0.15, -0.1) is 0 Å². The molecule has 0 aromatic heterocycles. The van der Waals surface area contributed by atoms with Gasteiger partial charge in [-0.3, -0.25) is 9.59 Å². The van der Waals surface area contributed by atoms with Gasteiger partial charge in [0.05, 0.1) is 11.3 Å². The molecule has 1 N–H and O–H groups in total. The Morgan fingerprint density at radius 2 is 2.04 bits per heavy atom. The first-order valence-corrected chi connectivity index (χ1v) is 8.33. The van der Waals surface area contributed by atoms with E-state index in [0.717, 1.165) is 5.01 Å². The summed E-state index contributed by atoms with van der Waals surface area (Å²) in [6.07, 6.45) is 4.79. The first kappa shape index (κ1) is 13.6. The summed E-state index contributed by atoms with van der Waals surface area (Å²) in [5.41, 5.74) is 1.12. The minimum atomic E-state index is -0.755. The summed E-state index contributed by atoms with van der Waals surface area (Å²) >= 11 is 0. The highest BCUT2D eigenvalue weighted by Crippen LogP contribution is 2.83. The van der Waals surface area contributed by atoms with E-state index in [9.17, 15) is 14.4 Å². The maximum atomic E-state index is 13.0. The molecule has 6 nitrogen and oxygen atoms in total. The number of allylic oxidation sites excluding steroid dienone is 2. The Morgan fingerprint density at radius 3 is 2.74 bits per heavy atom. The average molecular weight is 316 g/mol. The van der Waals surface area contributed by atoms with Crippen molar-refractivity contribution in [3.8, 4) is 0 Å². The van der Waals surface area contributed by atoms with E-state index in [2.05, 4.69) is 17.6 Å². The van der Waals surface area contributed by atoms with Gasteiger partial charge in [0, 0.05) is 0 Å². The van der Waals surface area contributed by atoms with E-state index in [1.807, 2.05) is 0 Å². The van der Waals surface area contributed by atoms with Gasteiger partial charge in [-0.2, -0.15) is 5.01 Å². The number of hydrogen-bond donors (Lipinski definition) is 1. The molecule has 1 spiro atoms. The summed E-state index contributed by atoms with van der Waals surface area (Å²) < 4.78 is 5.16. The highest BCUT2D eigenvalue weighted by molar-refractivity contribution is 6.13. The lowest BCUT2D eigenvalue weighted by Gasteiger charge is -2.37. The van der Waals surface area contributed by atoms with Crippen molar-refractivity contribution in [1.29, 1.82) is 0 Å². The van der Waals surface area contributed by atoms with Crippen LogP contribution in [0.1, 0.15) is 27.2 Å². The maximum absolute atomic E-state index is 13.0. The standard InChI is InChI=1S/C17H20N2O4/c1-16(2,3)23-15(22)18-19-13(20)12-11-7-4-5-10(9-6-8(7)9)17(11,12)14(19)21/h4-5,7-12H,6H2,1-3H3,(H,18,22)/t7?,8-,9-,10?,11-,12?,17-/m1/s1. The summed E-state index contributed by atoms with van der Waals surface area (Å²) in [6.45, 7) is 5.22. The number of carbonyl (C=O) groups excluding carboxylic acids is 3. The first-order chi connectivity index (χ1) is 10.8. The zero-order valence-corrected chi connectivity index (χ0v) is 13.4. The molecule has 4 fully saturated rings. The topological polar surface area (TPSA) is 75.7 Å². The summed E-state index contributed by atoms with van der Waals surface area (Å²) in [6, 6.07) is 0. The number of ether oxygens (including phenoxy) is 1. The number of amides is 3. The third-order valence-corrected chi connectivity index (χ3v) is 6.33. The van der Waals surface area contributed by atoms with Crippen molar-refractivity contribution in [2.75, 3.05) is 0 Å². The Morgan fingerprint density at radius 1 is 1.30 bits per heavy atom. The summed E-state index contributed by atoms with van der Waals surface area (Å²) in [5, 5.41) is 0.918. The lowest BCUT2D eigenvalue weighted by atomic mass is 9.68. The van der Waals surface area contributed by atoms with Gasteiger partial charge in [0.1, 0.15) is 5.60 Å². The number of rotatable bonds is 1. The molecule has 7 atom stereocenters. The fourth-order valence-corrected chi connectivity index (χ4v) is 5.64. The molecule has 0 radical (unpaired) electrons. The van der Waals surface area contributed by atoms with Crippen molar-refractivity contribution in [2.45, 2.75) is 32.8 Å². The van der Waals surface area contributed by atoms with Gasteiger partial charge in [-0.25, -0.2) is 10.2 Å². The minimum Gasteiger partial charge on any atom is -0.443 e. The van der Waals surface area contributed by atoms with Crippen LogP contribution in [0, 0.1) is 40.9 Å². The van der Waals surface area contributed by atoms with Crippen LogP contribution in [0.3, 0.4) is 0 Å². The van der Waals surface area contributed by atoms with Gasteiger partial charge in [0.2, 0.25) is 0 Å². The fraction of sp³-hybridized carbons (Fsp3) is 0.706. The van der Waals surface area contributed by atoms with Crippen molar-refractivity contribution < 1.29 is 19.1 Å². The summed E-state index contributed by atoms with van der Waals surface area (Å²) in [4.78, 5) is 37.6. The van der Waals surface area contributed by atoms with Crippen LogP contribution in [-0.4, -0.2) is 28.5 Å². The predicted molar refractivity (Wildman–Crippen MR) is 78.4 cm³/mol. The third kappa shape index (κ3) is 1.43. The van der Waals surface area contributed by atoms with Gasteiger partial charge in [-0.1, -0.05) is 12.2 Å². The molecule has 23 heavy (non-hydrogen) atoms. The number of nitrogens with one attached hydrogen (secondary N) is 1. The van der Waals surface area contributed by atoms with Crippen molar-refractivity contribution in [3.63, 3.8) is 0 Å². The van der Waals surface area contributed by atoms with Crippen LogP contribution in [0.5, 0.6) is 0 Å². The fourth-order valence-electron chi connectivity index (χ4n) is 5.64. The lowest BCUT2D eigenvalue weighted by Crippen LogP contribution is -2.53. The van der Waals surface area contributed by atoms with E-state index in [4.69, 9.17) is 4.74 Å². The zero-order chi connectivity index (χ0) is 16.3. The van der Waals surface area contributed by atoms with Gasteiger partial charge in [0.15, 0.2) is 0 Å². The van der Waals surface area contributed by atoms with Crippen LogP contribution in [0.4, 0.5) is 4.79 Å². The number of nitrogens with zero attached hydrogens (tertiary/aromatic N) is 1. The number of hydrogen-bond acceptors (Lipinski definition) is 4.